The largest absolute Gasteiger partial charge is 0.320 e. The summed E-state index contributed by atoms with van der Waals surface area (Å²) in [6, 6.07) is 2.79. The highest BCUT2D eigenvalue weighted by Crippen LogP contribution is 2.44. The van der Waals surface area contributed by atoms with Crippen LogP contribution in [0.2, 0.25) is 0 Å². The van der Waals surface area contributed by atoms with E-state index in [9.17, 15) is 0 Å². The average molecular weight is 458 g/mol. The molecule has 0 bridgehead atoms. The Bertz CT molecular complexity index is 408. The standard InChI is InChI=1S/C25H52N3O2P/c1-6-7-8-9-10-11-12-13-14-15-16-17-18-19-22-27-30-31(29-23-20-21-26)28(24(2)3)25(4)5/h24-25,27H,6-20,22-23H2,1-5H3. The van der Waals surface area contributed by atoms with E-state index in [0.717, 1.165) is 13.0 Å². The van der Waals surface area contributed by atoms with Crippen LogP contribution in [-0.4, -0.2) is 29.9 Å². The summed E-state index contributed by atoms with van der Waals surface area (Å²) < 4.78 is 14.0. The van der Waals surface area contributed by atoms with Gasteiger partial charge in [0.2, 0.25) is 0 Å². The highest BCUT2D eigenvalue weighted by atomic mass is 31.2. The van der Waals surface area contributed by atoms with Crippen LogP contribution in [0.5, 0.6) is 0 Å². The van der Waals surface area contributed by atoms with Gasteiger partial charge in [-0.3, -0.25) is 0 Å². The molecular formula is C25H52N3O2P. The first-order valence-corrected chi connectivity index (χ1v) is 14.2. The van der Waals surface area contributed by atoms with E-state index in [2.05, 4.69) is 50.8 Å². The van der Waals surface area contributed by atoms with Gasteiger partial charge in [0.1, 0.15) is 0 Å². The molecule has 0 fully saturated rings. The van der Waals surface area contributed by atoms with Gasteiger partial charge >= 0.3 is 0 Å². The molecule has 0 aromatic rings. The normalized spacial score (nSPS) is 12.7. The summed E-state index contributed by atoms with van der Waals surface area (Å²) >= 11 is 0. The van der Waals surface area contributed by atoms with Gasteiger partial charge in [-0.15, -0.1) is 0 Å². The third-order valence-electron chi connectivity index (χ3n) is 5.44. The van der Waals surface area contributed by atoms with Gasteiger partial charge in [-0.25, -0.2) is 9.29 Å². The van der Waals surface area contributed by atoms with Crippen molar-refractivity contribution >= 4 is 8.53 Å². The summed E-state index contributed by atoms with van der Waals surface area (Å²) in [5.41, 5.74) is 3.13. The summed E-state index contributed by atoms with van der Waals surface area (Å²) in [5.74, 6) is 0. The lowest BCUT2D eigenvalue weighted by molar-refractivity contribution is 0.124. The Kier molecular flexibility index (Phi) is 22.8. The van der Waals surface area contributed by atoms with Crippen LogP contribution in [0.25, 0.3) is 0 Å². The maximum atomic E-state index is 8.77. The molecule has 0 amide bonds. The minimum absolute atomic E-state index is 0.330. The van der Waals surface area contributed by atoms with Crippen molar-refractivity contribution in [1.29, 1.82) is 5.26 Å². The lowest BCUT2D eigenvalue weighted by Crippen LogP contribution is -2.35. The number of rotatable bonds is 23. The van der Waals surface area contributed by atoms with Crippen LogP contribution in [0.3, 0.4) is 0 Å². The third-order valence-corrected chi connectivity index (χ3v) is 7.43. The first-order chi connectivity index (χ1) is 15.0. The molecule has 0 saturated carbocycles. The predicted octanol–water partition coefficient (Wildman–Crippen LogP) is 8.26. The van der Waals surface area contributed by atoms with Crippen LogP contribution in [0.15, 0.2) is 0 Å². The summed E-state index contributed by atoms with van der Waals surface area (Å²) in [6.45, 7) is 12.2. The monoisotopic (exact) mass is 457 g/mol. The number of hydroxylamine groups is 1. The van der Waals surface area contributed by atoms with Crippen LogP contribution < -0.4 is 5.48 Å². The molecule has 184 valence electrons. The van der Waals surface area contributed by atoms with Crippen molar-refractivity contribution in [2.75, 3.05) is 13.2 Å². The van der Waals surface area contributed by atoms with Gasteiger partial charge in [-0.05, 0) is 34.1 Å². The van der Waals surface area contributed by atoms with E-state index >= 15 is 0 Å². The van der Waals surface area contributed by atoms with Crippen molar-refractivity contribution in [3.63, 3.8) is 0 Å². The molecule has 0 aromatic heterocycles. The molecule has 6 heteroatoms. The van der Waals surface area contributed by atoms with Crippen LogP contribution in [0.1, 0.15) is 131 Å². The van der Waals surface area contributed by atoms with Crippen LogP contribution in [0, 0.1) is 11.3 Å². The zero-order valence-electron chi connectivity index (χ0n) is 21.3. The van der Waals surface area contributed by atoms with Crippen molar-refractivity contribution in [3.8, 4) is 6.07 Å². The summed E-state index contributed by atoms with van der Waals surface area (Å²) in [4.78, 5) is 0. The highest BCUT2D eigenvalue weighted by molar-refractivity contribution is 7.44. The molecular weight excluding hydrogens is 405 g/mol. The quantitative estimate of drug-likeness (QED) is 0.0950. The zero-order chi connectivity index (χ0) is 23.2. The van der Waals surface area contributed by atoms with Crippen molar-refractivity contribution in [3.05, 3.63) is 0 Å². The van der Waals surface area contributed by atoms with Gasteiger partial charge < -0.3 is 4.52 Å². The first-order valence-electron chi connectivity index (χ1n) is 13.0. The van der Waals surface area contributed by atoms with Crippen LogP contribution >= 0.6 is 8.53 Å². The van der Waals surface area contributed by atoms with Gasteiger partial charge in [-0.2, -0.15) is 10.7 Å². The second-order valence-corrected chi connectivity index (χ2v) is 10.5. The van der Waals surface area contributed by atoms with E-state index in [0.29, 0.717) is 25.1 Å². The van der Waals surface area contributed by atoms with E-state index in [1.54, 1.807) is 0 Å². The number of hydrogen-bond donors (Lipinski definition) is 1. The van der Waals surface area contributed by atoms with Crippen molar-refractivity contribution in [1.82, 2.24) is 10.2 Å². The molecule has 0 spiro atoms. The van der Waals surface area contributed by atoms with E-state index in [1.807, 2.05) is 0 Å². The van der Waals surface area contributed by atoms with E-state index in [-0.39, 0.29) is 0 Å². The van der Waals surface area contributed by atoms with Gasteiger partial charge in [0.15, 0.2) is 0 Å². The van der Waals surface area contributed by atoms with Crippen molar-refractivity contribution in [2.45, 2.75) is 143 Å². The molecule has 0 aromatic carbocycles. The van der Waals surface area contributed by atoms with Crippen molar-refractivity contribution < 1.29 is 9.15 Å². The third kappa shape index (κ3) is 19.0. The number of unbranched alkanes of at least 4 members (excludes halogenated alkanes) is 13. The Balaban J connectivity index is 3.69. The number of hydrogen-bond acceptors (Lipinski definition) is 5. The Morgan fingerprint density at radius 2 is 1.23 bits per heavy atom. The fourth-order valence-electron chi connectivity index (χ4n) is 3.78. The lowest BCUT2D eigenvalue weighted by atomic mass is 10.0. The molecule has 0 heterocycles. The second-order valence-electron chi connectivity index (χ2n) is 9.13. The average Bonchev–Trinajstić information content (AvgIpc) is 2.72. The van der Waals surface area contributed by atoms with E-state index < -0.39 is 8.53 Å². The SMILES string of the molecule is CCCCCCCCCCCCCCCCNOP(OCCC#N)N(C(C)C)C(C)C. The Hall–Kier alpha value is -0.240. The fourth-order valence-corrected chi connectivity index (χ4v) is 5.26. The van der Waals surface area contributed by atoms with Gasteiger partial charge in [-0.1, -0.05) is 90.4 Å². The number of nitrogens with one attached hydrogen (secondary N) is 1. The van der Waals surface area contributed by atoms with Crippen molar-refractivity contribution in [2.24, 2.45) is 0 Å². The molecule has 0 rings (SSSR count). The Labute approximate surface area is 195 Å². The highest BCUT2D eigenvalue weighted by Gasteiger charge is 2.27. The van der Waals surface area contributed by atoms with Crippen LogP contribution in [-0.2, 0) is 9.15 Å². The molecule has 31 heavy (non-hydrogen) atoms. The Morgan fingerprint density at radius 1 is 0.774 bits per heavy atom. The maximum absolute atomic E-state index is 8.77. The summed E-state index contributed by atoms with van der Waals surface area (Å²) in [7, 11) is -1.19. The Morgan fingerprint density at radius 3 is 1.65 bits per heavy atom. The van der Waals surface area contributed by atoms with Gasteiger partial charge in [0.05, 0.1) is 19.1 Å². The van der Waals surface area contributed by atoms with Gasteiger partial charge in [0, 0.05) is 18.6 Å². The molecule has 0 aliphatic heterocycles. The molecule has 1 N–H and O–H groups in total. The summed E-state index contributed by atoms with van der Waals surface area (Å²) in [6.07, 6.45) is 19.6. The second kappa shape index (κ2) is 22.9. The van der Waals surface area contributed by atoms with Crippen LogP contribution in [0.4, 0.5) is 0 Å². The smallest absolute Gasteiger partial charge is 0.277 e. The van der Waals surface area contributed by atoms with E-state index in [4.69, 9.17) is 14.4 Å². The molecule has 0 radical (unpaired) electrons. The summed E-state index contributed by atoms with van der Waals surface area (Å²) in [5, 5.41) is 8.77. The fraction of sp³-hybridized carbons (Fsp3) is 0.960. The molecule has 5 nitrogen and oxygen atoms in total. The zero-order valence-corrected chi connectivity index (χ0v) is 22.2. The topological polar surface area (TPSA) is 57.5 Å². The predicted molar refractivity (Wildman–Crippen MR) is 135 cm³/mol. The maximum Gasteiger partial charge on any atom is 0.277 e. The molecule has 0 saturated heterocycles. The lowest BCUT2D eigenvalue weighted by Gasteiger charge is -2.35. The molecule has 1 unspecified atom stereocenters. The molecule has 0 aliphatic carbocycles. The molecule has 1 atom stereocenters. The number of nitrogens with zero attached hydrogens (tertiary/aromatic N) is 2. The van der Waals surface area contributed by atoms with Gasteiger partial charge in [0.25, 0.3) is 8.53 Å². The molecule has 0 aliphatic rings. The van der Waals surface area contributed by atoms with E-state index in [1.165, 1.54) is 83.5 Å². The minimum Gasteiger partial charge on any atom is -0.320 e. The first kappa shape index (κ1) is 30.8. The minimum atomic E-state index is -1.19. The number of nitriles is 1.